The van der Waals surface area contributed by atoms with Gasteiger partial charge < -0.3 is 11.1 Å². The number of aromatic nitrogens is 2. The van der Waals surface area contributed by atoms with E-state index >= 15 is 0 Å². The molecule has 1 aliphatic rings. The van der Waals surface area contributed by atoms with Crippen LogP contribution in [0.3, 0.4) is 0 Å². The quantitative estimate of drug-likeness (QED) is 0.812. The smallest absolute Gasteiger partial charge is 0.278 e. The van der Waals surface area contributed by atoms with Gasteiger partial charge in [-0.1, -0.05) is 29.3 Å². The molecular weight excluding hydrogens is 299 g/mol. The predicted molar refractivity (Wildman–Crippen MR) is 79.4 cm³/mol. The van der Waals surface area contributed by atoms with Crippen molar-refractivity contribution in [2.24, 2.45) is 0 Å². The van der Waals surface area contributed by atoms with Crippen molar-refractivity contribution in [3.05, 3.63) is 39.6 Å². The maximum atomic E-state index is 12.2. The Hall–Kier alpha value is -1.72. The number of amides is 1. The molecule has 1 heterocycles. The molecule has 1 saturated carbocycles. The molecule has 1 amide bonds. The van der Waals surface area contributed by atoms with Crippen LogP contribution >= 0.6 is 23.2 Å². The van der Waals surface area contributed by atoms with Gasteiger partial charge in [-0.25, -0.2) is 0 Å². The van der Waals surface area contributed by atoms with Crippen LogP contribution in [-0.4, -0.2) is 16.1 Å². The highest BCUT2D eigenvalue weighted by atomic mass is 35.5. The lowest BCUT2D eigenvalue weighted by Gasteiger charge is -2.08. The Balaban J connectivity index is 1.86. The Labute approximate surface area is 125 Å². The number of aromatic amines is 1. The van der Waals surface area contributed by atoms with E-state index in [9.17, 15) is 4.79 Å². The fourth-order valence-electron chi connectivity index (χ4n) is 2.01. The van der Waals surface area contributed by atoms with Gasteiger partial charge in [0.1, 0.15) is 0 Å². The van der Waals surface area contributed by atoms with Crippen molar-refractivity contribution in [3.8, 4) is 0 Å². The summed E-state index contributed by atoms with van der Waals surface area (Å²) in [7, 11) is 0. The van der Waals surface area contributed by atoms with Crippen LogP contribution in [0.2, 0.25) is 10.0 Å². The minimum atomic E-state index is -0.430. The van der Waals surface area contributed by atoms with Crippen molar-refractivity contribution in [2.75, 3.05) is 11.1 Å². The Morgan fingerprint density at radius 1 is 1.35 bits per heavy atom. The van der Waals surface area contributed by atoms with Gasteiger partial charge in [0, 0.05) is 5.92 Å². The second kappa shape index (κ2) is 5.00. The average Bonchev–Trinajstić information content (AvgIpc) is 3.17. The van der Waals surface area contributed by atoms with Crippen LogP contribution in [0.5, 0.6) is 0 Å². The maximum Gasteiger partial charge on any atom is 0.278 e. The Bertz CT molecular complexity index is 659. The zero-order chi connectivity index (χ0) is 14.3. The number of nitrogens with two attached hydrogens (primary N) is 1. The molecular formula is C13H12Cl2N4O. The summed E-state index contributed by atoms with van der Waals surface area (Å²) in [6.45, 7) is 0. The van der Waals surface area contributed by atoms with Crippen LogP contribution in [0, 0.1) is 0 Å². The topological polar surface area (TPSA) is 83.8 Å². The number of halogens is 2. The minimum absolute atomic E-state index is 0.169. The molecule has 1 aromatic carbocycles. The maximum absolute atomic E-state index is 12.2. The van der Waals surface area contributed by atoms with Crippen LogP contribution in [-0.2, 0) is 0 Å². The van der Waals surface area contributed by atoms with Crippen molar-refractivity contribution in [2.45, 2.75) is 18.8 Å². The summed E-state index contributed by atoms with van der Waals surface area (Å²) in [6.07, 6.45) is 2.15. The molecule has 1 aromatic heterocycles. The molecule has 0 spiro atoms. The first-order valence-electron chi connectivity index (χ1n) is 6.17. The monoisotopic (exact) mass is 310 g/mol. The molecule has 3 rings (SSSR count). The number of carbonyl (C=O) groups is 1. The van der Waals surface area contributed by atoms with Gasteiger partial charge in [-0.3, -0.25) is 9.89 Å². The summed E-state index contributed by atoms with van der Waals surface area (Å²) in [5, 5.41) is 10.2. The van der Waals surface area contributed by atoms with E-state index < -0.39 is 5.91 Å². The normalized spacial score (nSPS) is 14.3. The van der Waals surface area contributed by atoms with Gasteiger partial charge in [-0.15, -0.1) is 0 Å². The van der Waals surface area contributed by atoms with E-state index in [2.05, 4.69) is 15.5 Å². The fourth-order valence-corrected chi connectivity index (χ4v) is 2.50. The number of benzene rings is 1. The van der Waals surface area contributed by atoms with Gasteiger partial charge in [0.05, 0.1) is 27.1 Å². The molecule has 7 heteroatoms. The molecule has 0 saturated heterocycles. The van der Waals surface area contributed by atoms with Gasteiger partial charge in [-0.2, -0.15) is 5.10 Å². The molecule has 1 fully saturated rings. The van der Waals surface area contributed by atoms with Crippen LogP contribution in [0.1, 0.15) is 34.9 Å². The fraction of sp³-hybridized carbons (Fsp3) is 0.231. The third-order valence-corrected chi connectivity index (χ3v) is 3.87. The summed E-state index contributed by atoms with van der Waals surface area (Å²) < 4.78 is 0. The SMILES string of the molecule is Nc1c(C(=O)Nc2c(Cl)cccc2Cl)n[nH]c1C1CC1. The van der Waals surface area contributed by atoms with E-state index in [0.29, 0.717) is 27.3 Å². The first-order valence-corrected chi connectivity index (χ1v) is 6.92. The Kier molecular flexibility index (Phi) is 3.31. The molecule has 5 nitrogen and oxygen atoms in total. The Morgan fingerprint density at radius 3 is 2.60 bits per heavy atom. The lowest BCUT2D eigenvalue weighted by molar-refractivity contribution is 0.102. The lowest BCUT2D eigenvalue weighted by Crippen LogP contribution is -2.15. The molecule has 0 aliphatic heterocycles. The number of hydrogen-bond donors (Lipinski definition) is 3. The number of nitrogens with one attached hydrogen (secondary N) is 2. The zero-order valence-corrected chi connectivity index (χ0v) is 11.9. The molecule has 2 aromatic rings. The minimum Gasteiger partial charge on any atom is -0.395 e. The van der Waals surface area contributed by atoms with E-state index in [1.165, 1.54) is 0 Å². The highest BCUT2D eigenvalue weighted by molar-refractivity contribution is 6.40. The molecule has 20 heavy (non-hydrogen) atoms. The molecule has 0 atom stereocenters. The standard InChI is InChI=1S/C13H12Cl2N4O/c14-7-2-1-3-8(15)11(7)17-13(20)12-9(16)10(18-19-12)6-4-5-6/h1-3,6H,4-5,16H2,(H,17,20)(H,18,19). The van der Waals surface area contributed by atoms with Crippen molar-refractivity contribution in [1.82, 2.24) is 10.2 Å². The van der Waals surface area contributed by atoms with Crippen molar-refractivity contribution in [1.29, 1.82) is 0 Å². The number of para-hydroxylation sites is 1. The van der Waals surface area contributed by atoms with Crippen LogP contribution < -0.4 is 11.1 Å². The first kappa shape index (κ1) is 13.3. The van der Waals surface area contributed by atoms with E-state index in [1.807, 2.05) is 0 Å². The van der Waals surface area contributed by atoms with E-state index in [-0.39, 0.29) is 5.69 Å². The van der Waals surface area contributed by atoms with E-state index in [4.69, 9.17) is 28.9 Å². The van der Waals surface area contributed by atoms with Gasteiger partial charge in [0.25, 0.3) is 5.91 Å². The second-order valence-corrected chi connectivity index (χ2v) is 5.54. The van der Waals surface area contributed by atoms with Crippen LogP contribution in [0.25, 0.3) is 0 Å². The Morgan fingerprint density at radius 2 is 2.00 bits per heavy atom. The zero-order valence-electron chi connectivity index (χ0n) is 10.4. The van der Waals surface area contributed by atoms with E-state index in [0.717, 1.165) is 18.5 Å². The number of nitrogens with zero attached hydrogens (tertiary/aromatic N) is 1. The first-order chi connectivity index (χ1) is 9.58. The third-order valence-electron chi connectivity index (χ3n) is 3.24. The van der Waals surface area contributed by atoms with E-state index in [1.54, 1.807) is 18.2 Å². The molecule has 0 bridgehead atoms. The number of hydrogen-bond acceptors (Lipinski definition) is 3. The van der Waals surface area contributed by atoms with Crippen LogP contribution in [0.15, 0.2) is 18.2 Å². The molecule has 4 N–H and O–H groups in total. The summed E-state index contributed by atoms with van der Waals surface area (Å²) in [5.41, 5.74) is 7.71. The van der Waals surface area contributed by atoms with Crippen LogP contribution in [0.4, 0.5) is 11.4 Å². The van der Waals surface area contributed by atoms with Crippen molar-refractivity contribution in [3.63, 3.8) is 0 Å². The average molecular weight is 311 g/mol. The molecule has 0 unspecified atom stereocenters. The number of rotatable bonds is 3. The van der Waals surface area contributed by atoms with Gasteiger partial charge >= 0.3 is 0 Å². The summed E-state index contributed by atoms with van der Waals surface area (Å²) in [4.78, 5) is 12.2. The lowest BCUT2D eigenvalue weighted by atomic mass is 10.2. The number of anilines is 2. The molecule has 0 radical (unpaired) electrons. The van der Waals surface area contributed by atoms with Gasteiger partial charge in [0.15, 0.2) is 5.69 Å². The van der Waals surface area contributed by atoms with Gasteiger partial charge in [-0.05, 0) is 25.0 Å². The predicted octanol–water partition coefficient (Wildman–Crippen LogP) is 3.43. The molecule has 104 valence electrons. The molecule has 1 aliphatic carbocycles. The number of H-pyrrole nitrogens is 1. The summed E-state index contributed by atoms with van der Waals surface area (Å²) in [5.74, 6) is -0.0337. The third kappa shape index (κ3) is 2.34. The second-order valence-electron chi connectivity index (χ2n) is 4.72. The largest absolute Gasteiger partial charge is 0.395 e. The van der Waals surface area contributed by atoms with Gasteiger partial charge in [0.2, 0.25) is 0 Å². The summed E-state index contributed by atoms with van der Waals surface area (Å²) in [6, 6.07) is 4.99. The van der Waals surface area contributed by atoms with Crippen molar-refractivity contribution < 1.29 is 4.79 Å². The van der Waals surface area contributed by atoms with Crippen molar-refractivity contribution >= 4 is 40.5 Å². The number of nitrogen functional groups attached to an aromatic ring is 1. The number of carbonyl (C=O) groups excluding carboxylic acids is 1. The highest BCUT2D eigenvalue weighted by Gasteiger charge is 2.30. The summed E-state index contributed by atoms with van der Waals surface area (Å²) >= 11 is 12.0. The highest BCUT2D eigenvalue weighted by Crippen LogP contribution is 2.42.